The van der Waals surface area contributed by atoms with Crippen molar-refractivity contribution in [3.05, 3.63) is 69.2 Å². The summed E-state index contributed by atoms with van der Waals surface area (Å²) in [6.45, 7) is 11.6. The van der Waals surface area contributed by atoms with Gasteiger partial charge in [0.15, 0.2) is 0 Å². The molecular weight excluding hydrogens is 374 g/mol. The Bertz CT molecular complexity index is 744. The van der Waals surface area contributed by atoms with E-state index in [0.717, 1.165) is 42.9 Å². The van der Waals surface area contributed by atoms with Gasteiger partial charge in [-0.15, -0.1) is 0 Å². The van der Waals surface area contributed by atoms with Crippen molar-refractivity contribution >= 4 is 21.6 Å². The first-order valence-electron chi connectivity index (χ1n) is 8.86. The second kappa shape index (κ2) is 8.15. The third-order valence-corrected chi connectivity index (χ3v) is 5.32. The molecule has 132 valence electrons. The van der Waals surface area contributed by atoms with Crippen LogP contribution in [0.25, 0.3) is 0 Å². The van der Waals surface area contributed by atoms with E-state index in [9.17, 15) is 0 Å². The molecule has 25 heavy (non-hydrogen) atoms. The molecule has 0 bridgehead atoms. The van der Waals surface area contributed by atoms with E-state index in [-0.39, 0.29) is 0 Å². The Labute approximate surface area is 159 Å². The Balaban J connectivity index is 1.56. The van der Waals surface area contributed by atoms with Gasteiger partial charge < -0.3 is 0 Å². The minimum Gasteiger partial charge on any atom is -0.295 e. The van der Waals surface area contributed by atoms with Gasteiger partial charge in [0.1, 0.15) is 0 Å². The summed E-state index contributed by atoms with van der Waals surface area (Å²) in [7, 11) is 0. The Morgan fingerprint density at radius 1 is 1.00 bits per heavy atom. The third kappa shape index (κ3) is 4.93. The van der Waals surface area contributed by atoms with Gasteiger partial charge in [0.25, 0.3) is 0 Å². The summed E-state index contributed by atoms with van der Waals surface area (Å²) in [5.41, 5.74) is 6.43. The maximum atomic E-state index is 4.81. The Morgan fingerprint density at radius 2 is 1.68 bits per heavy atom. The van der Waals surface area contributed by atoms with Gasteiger partial charge in [0.2, 0.25) is 0 Å². The predicted molar refractivity (Wildman–Crippen MR) is 109 cm³/mol. The molecule has 2 aromatic rings. The molecule has 1 aliphatic rings. The maximum Gasteiger partial charge on any atom is 0.0646 e. The fourth-order valence-electron chi connectivity index (χ4n) is 3.22. The van der Waals surface area contributed by atoms with Crippen molar-refractivity contribution in [3.8, 4) is 0 Å². The lowest BCUT2D eigenvalue weighted by Gasteiger charge is -2.33. The molecule has 0 unspecified atom stereocenters. The molecule has 0 radical (unpaired) electrons. The number of benzene rings is 2. The van der Waals surface area contributed by atoms with Gasteiger partial charge in [0, 0.05) is 37.2 Å². The summed E-state index contributed by atoms with van der Waals surface area (Å²) in [6, 6.07) is 15.1. The van der Waals surface area contributed by atoms with E-state index in [4.69, 9.17) is 5.10 Å². The number of nitrogens with zero attached hydrogens (tertiary/aromatic N) is 3. The minimum atomic E-state index is 0.985. The number of hydrogen-bond donors (Lipinski definition) is 0. The van der Waals surface area contributed by atoms with Crippen LogP contribution in [0.3, 0.4) is 0 Å². The molecule has 0 aromatic heterocycles. The number of aryl methyl sites for hydroxylation is 2. The van der Waals surface area contributed by atoms with Crippen LogP contribution >= 0.6 is 15.9 Å². The second-order valence-electron chi connectivity index (χ2n) is 6.85. The molecule has 0 N–H and O–H groups in total. The first kappa shape index (κ1) is 18.2. The molecular formula is C21H26BrN3. The van der Waals surface area contributed by atoms with Crippen LogP contribution in [0, 0.1) is 13.8 Å². The Morgan fingerprint density at radius 3 is 2.32 bits per heavy atom. The van der Waals surface area contributed by atoms with E-state index in [1.807, 2.05) is 0 Å². The number of halogens is 1. The van der Waals surface area contributed by atoms with E-state index in [2.05, 4.69) is 89.1 Å². The summed E-state index contributed by atoms with van der Waals surface area (Å²) < 4.78 is 1.10. The van der Waals surface area contributed by atoms with E-state index < -0.39 is 0 Å². The van der Waals surface area contributed by atoms with E-state index >= 15 is 0 Å². The fourth-order valence-corrected chi connectivity index (χ4v) is 3.48. The lowest BCUT2D eigenvalue weighted by molar-refractivity contribution is 0.130. The van der Waals surface area contributed by atoms with E-state index in [1.165, 1.54) is 22.3 Å². The van der Waals surface area contributed by atoms with E-state index in [1.54, 1.807) is 0 Å². The van der Waals surface area contributed by atoms with Crippen molar-refractivity contribution in [2.24, 2.45) is 5.10 Å². The average molecular weight is 400 g/mol. The van der Waals surface area contributed by atoms with Crippen LogP contribution in [-0.2, 0) is 6.54 Å². The summed E-state index contributed by atoms with van der Waals surface area (Å²) >= 11 is 3.48. The lowest BCUT2D eigenvalue weighted by atomic mass is 10.1. The molecule has 0 aliphatic carbocycles. The topological polar surface area (TPSA) is 18.8 Å². The summed E-state index contributed by atoms with van der Waals surface area (Å²) in [5, 5.41) is 7.02. The van der Waals surface area contributed by atoms with Gasteiger partial charge in [-0.3, -0.25) is 9.91 Å². The fraction of sp³-hybridized carbons (Fsp3) is 0.381. The summed E-state index contributed by atoms with van der Waals surface area (Å²) in [6.07, 6.45) is 0. The molecule has 0 saturated carbocycles. The third-order valence-electron chi connectivity index (χ3n) is 4.79. The highest BCUT2D eigenvalue weighted by Gasteiger charge is 2.16. The van der Waals surface area contributed by atoms with Crippen molar-refractivity contribution in [1.82, 2.24) is 9.91 Å². The van der Waals surface area contributed by atoms with Crippen molar-refractivity contribution in [2.75, 3.05) is 26.2 Å². The normalized spacial score (nSPS) is 16.3. The Hall–Kier alpha value is -1.65. The number of hydrogen-bond acceptors (Lipinski definition) is 3. The number of piperazine rings is 1. The minimum absolute atomic E-state index is 0.985. The van der Waals surface area contributed by atoms with Crippen LogP contribution in [0.4, 0.5) is 0 Å². The predicted octanol–water partition coefficient (Wildman–Crippen LogP) is 4.61. The van der Waals surface area contributed by atoms with Gasteiger partial charge in [-0.2, -0.15) is 5.10 Å². The van der Waals surface area contributed by atoms with Crippen molar-refractivity contribution in [3.63, 3.8) is 0 Å². The zero-order valence-corrected chi connectivity index (χ0v) is 16.9. The van der Waals surface area contributed by atoms with Crippen LogP contribution in [0.15, 0.2) is 52.0 Å². The second-order valence-corrected chi connectivity index (χ2v) is 7.77. The van der Waals surface area contributed by atoms with Gasteiger partial charge in [-0.1, -0.05) is 51.8 Å². The van der Waals surface area contributed by atoms with Gasteiger partial charge in [-0.05, 0) is 49.6 Å². The summed E-state index contributed by atoms with van der Waals surface area (Å²) in [4.78, 5) is 2.53. The monoisotopic (exact) mass is 399 g/mol. The maximum absolute atomic E-state index is 4.81. The molecule has 1 aliphatic heterocycles. The van der Waals surface area contributed by atoms with Gasteiger partial charge in [-0.25, -0.2) is 0 Å². The zero-order valence-electron chi connectivity index (χ0n) is 15.3. The van der Waals surface area contributed by atoms with Crippen LogP contribution in [0.5, 0.6) is 0 Å². The first-order chi connectivity index (χ1) is 12.0. The average Bonchev–Trinajstić information content (AvgIpc) is 2.59. The van der Waals surface area contributed by atoms with Crippen LogP contribution in [0.2, 0.25) is 0 Å². The standard InChI is InChI=1S/C21H26BrN3/c1-16-4-5-20(17(2)14-16)15-24-10-12-25(13-11-24)23-18(3)19-6-8-21(22)9-7-19/h4-9,14H,10-13,15H2,1-3H3. The lowest BCUT2D eigenvalue weighted by Crippen LogP contribution is -2.43. The number of rotatable bonds is 4. The summed E-state index contributed by atoms with van der Waals surface area (Å²) in [5.74, 6) is 0. The SMILES string of the molecule is CC(=NN1CCN(Cc2ccc(C)cc2C)CC1)c1ccc(Br)cc1. The van der Waals surface area contributed by atoms with Crippen LogP contribution in [-0.4, -0.2) is 41.8 Å². The van der Waals surface area contributed by atoms with E-state index in [0.29, 0.717) is 0 Å². The van der Waals surface area contributed by atoms with Crippen molar-refractivity contribution < 1.29 is 0 Å². The van der Waals surface area contributed by atoms with Crippen LogP contribution in [0.1, 0.15) is 29.2 Å². The highest BCUT2D eigenvalue weighted by molar-refractivity contribution is 9.10. The molecule has 4 heteroatoms. The molecule has 0 spiro atoms. The van der Waals surface area contributed by atoms with Crippen molar-refractivity contribution in [1.29, 1.82) is 0 Å². The first-order valence-corrected chi connectivity index (χ1v) is 9.65. The zero-order chi connectivity index (χ0) is 17.8. The number of hydrazone groups is 1. The highest BCUT2D eigenvalue weighted by Crippen LogP contribution is 2.15. The molecule has 2 aromatic carbocycles. The molecule has 3 rings (SSSR count). The molecule has 1 heterocycles. The van der Waals surface area contributed by atoms with Crippen molar-refractivity contribution in [2.45, 2.75) is 27.3 Å². The Kier molecular flexibility index (Phi) is 5.92. The molecule has 1 saturated heterocycles. The molecule has 1 fully saturated rings. The molecule has 0 amide bonds. The van der Waals surface area contributed by atoms with Gasteiger partial charge >= 0.3 is 0 Å². The largest absolute Gasteiger partial charge is 0.295 e. The smallest absolute Gasteiger partial charge is 0.0646 e. The van der Waals surface area contributed by atoms with Gasteiger partial charge in [0.05, 0.1) is 5.71 Å². The quantitative estimate of drug-likeness (QED) is 0.699. The molecule has 3 nitrogen and oxygen atoms in total. The van der Waals surface area contributed by atoms with Crippen LogP contribution < -0.4 is 0 Å². The molecule has 0 atom stereocenters. The highest BCUT2D eigenvalue weighted by atomic mass is 79.9.